The number of aryl methyl sites for hydroxylation is 1. The summed E-state index contributed by atoms with van der Waals surface area (Å²) in [4.78, 5) is 4.29. The maximum absolute atomic E-state index is 5.92. The molecule has 1 atom stereocenters. The standard InChI is InChI=1S/C17H20ClN3O/c1-12-5-3-7-15(9-12)21-17(19)20-11-13(2)22-16-8-4-6-14(18)10-16/h3-10,13H,11H2,1-2H3,(H3,19,20,21). The van der Waals surface area contributed by atoms with Crippen molar-refractivity contribution in [3.8, 4) is 5.75 Å². The molecule has 0 aliphatic rings. The normalized spacial score (nSPS) is 12.8. The van der Waals surface area contributed by atoms with Gasteiger partial charge in [0.1, 0.15) is 11.9 Å². The Kier molecular flexibility index (Phi) is 5.67. The van der Waals surface area contributed by atoms with E-state index in [1.54, 1.807) is 12.1 Å². The number of hydrogen-bond acceptors (Lipinski definition) is 2. The molecule has 3 N–H and O–H groups in total. The van der Waals surface area contributed by atoms with E-state index in [-0.39, 0.29) is 6.10 Å². The number of ether oxygens (including phenoxy) is 1. The van der Waals surface area contributed by atoms with E-state index in [2.05, 4.69) is 10.3 Å². The summed E-state index contributed by atoms with van der Waals surface area (Å²) in [7, 11) is 0. The first kappa shape index (κ1) is 16.2. The molecule has 5 heteroatoms. The SMILES string of the molecule is Cc1cccc(NC(N)=NCC(C)Oc2cccc(Cl)c2)c1. The van der Waals surface area contributed by atoms with Crippen molar-refractivity contribution in [2.75, 3.05) is 11.9 Å². The molecule has 1 unspecified atom stereocenters. The fraction of sp³-hybridized carbons (Fsp3) is 0.235. The van der Waals surface area contributed by atoms with Crippen LogP contribution in [0.2, 0.25) is 5.02 Å². The first-order valence-corrected chi connectivity index (χ1v) is 7.46. The molecule has 0 heterocycles. The van der Waals surface area contributed by atoms with Gasteiger partial charge in [0, 0.05) is 10.7 Å². The van der Waals surface area contributed by atoms with Gasteiger partial charge in [0.2, 0.25) is 0 Å². The van der Waals surface area contributed by atoms with Crippen LogP contribution < -0.4 is 15.8 Å². The fourth-order valence-electron chi connectivity index (χ4n) is 1.95. The second-order valence-electron chi connectivity index (χ2n) is 5.11. The minimum absolute atomic E-state index is 0.101. The molecule has 2 rings (SSSR count). The predicted molar refractivity (Wildman–Crippen MR) is 92.8 cm³/mol. The molecule has 0 spiro atoms. The van der Waals surface area contributed by atoms with Gasteiger partial charge in [0.15, 0.2) is 5.96 Å². The van der Waals surface area contributed by atoms with Crippen molar-refractivity contribution >= 4 is 23.2 Å². The highest BCUT2D eigenvalue weighted by atomic mass is 35.5. The van der Waals surface area contributed by atoms with Gasteiger partial charge >= 0.3 is 0 Å². The Bertz CT molecular complexity index is 658. The molecular weight excluding hydrogens is 298 g/mol. The van der Waals surface area contributed by atoms with Crippen LogP contribution in [-0.2, 0) is 0 Å². The Morgan fingerprint density at radius 2 is 2.05 bits per heavy atom. The van der Waals surface area contributed by atoms with Crippen LogP contribution in [0.25, 0.3) is 0 Å². The molecule has 22 heavy (non-hydrogen) atoms. The zero-order chi connectivity index (χ0) is 15.9. The molecule has 0 aromatic heterocycles. The highest BCUT2D eigenvalue weighted by Gasteiger charge is 2.04. The molecule has 2 aromatic rings. The van der Waals surface area contributed by atoms with E-state index in [1.807, 2.05) is 50.2 Å². The van der Waals surface area contributed by atoms with E-state index in [9.17, 15) is 0 Å². The van der Waals surface area contributed by atoms with Gasteiger partial charge in [0.05, 0.1) is 6.54 Å². The average Bonchev–Trinajstić information content (AvgIpc) is 2.45. The Balaban J connectivity index is 1.87. The van der Waals surface area contributed by atoms with E-state index in [0.717, 1.165) is 17.0 Å². The minimum atomic E-state index is -0.101. The summed E-state index contributed by atoms with van der Waals surface area (Å²) in [6.07, 6.45) is -0.101. The number of hydrogen-bond donors (Lipinski definition) is 2. The number of guanidine groups is 1. The van der Waals surface area contributed by atoms with Gasteiger partial charge in [-0.05, 0) is 49.7 Å². The van der Waals surface area contributed by atoms with E-state index >= 15 is 0 Å². The topological polar surface area (TPSA) is 59.6 Å². The Morgan fingerprint density at radius 3 is 2.77 bits per heavy atom. The number of anilines is 1. The number of nitrogens with two attached hydrogens (primary N) is 1. The zero-order valence-corrected chi connectivity index (χ0v) is 13.5. The van der Waals surface area contributed by atoms with E-state index in [1.165, 1.54) is 0 Å². The number of nitrogens with zero attached hydrogens (tertiary/aromatic N) is 1. The van der Waals surface area contributed by atoms with Gasteiger partial charge in [-0.1, -0.05) is 29.8 Å². The van der Waals surface area contributed by atoms with E-state index in [4.69, 9.17) is 22.1 Å². The van der Waals surface area contributed by atoms with Crippen LogP contribution >= 0.6 is 11.6 Å². The molecule has 2 aromatic carbocycles. The first-order valence-electron chi connectivity index (χ1n) is 7.09. The summed E-state index contributed by atoms with van der Waals surface area (Å²) < 4.78 is 5.74. The van der Waals surface area contributed by atoms with Crippen molar-refractivity contribution < 1.29 is 4.74 Å². The van der Waals surface area contributed by atoms with Crippen LogP contribution in [0.4, 0.5) is 5.69 Å². The van der Waals surface area contributed by atoms with Crippen molar-refractivity contribution in [3.05, 3.63) is 59.1 Å². The van der Waals surface area contributed by atoms with Gasteiger partial charge in [-0.25, -0.2) is 4.99 Å². The lowest BCUT2D eigenvalue weighted by Crippen LogP contribution is -2.25. The number of halogens is 1. The lowest BCUT2D eigenvalue weighted by atomic mass is 10.2. The molecule has 0 saturated heterocycles. The van der Waals surface area contributed by atoms with Crippen LogP contribution in [-0.4, -0.2) is 18.6 Å². The Hall–Kier alpha value is -2.20. The van der Waals surface area contributed by atoms with Crippen LogP contribution in [0, 0.1) is 6.92 Å². The van der Waals surface area contributed by atoms with E-state index in [0.29, 0.717) is 17.5 Å². The lowest BCUT2D eigenvalue weighted by molar-refractivity contribution is 0.230. The summed E-state index contributed by atoms with van der Waals surface area (Å²) >= 11 is 5.92. The van der Waals surface area contributed by atoms with Crippen LogP contribution in [0.1, 0.15) is 12.5 Å². The maximum Gasteiger partial charge on any atom is 0.193 e. The molecule has 4 nitrogen and oxygen atoms in total. The average molecular weight is 318 g/mol. The van der Waals surface area contributed by atoms with Gasteiger partial charge in [-0.3, -0.25) is 0 Å². The summed E-state index contributed by atoms with van der Waals surface area (Å²) in [6.45, 7) is 4.42. The Morgan fingerprint density at radius 1 is 1.27 bits per heavy atom. The van der Waals surface area contributed by atoms with E-state index < -0.39 is 0 Å². The predicted octanol–water partition coefficient (Wildman–Crippen LogP) is 3.84. The minimum Gasteiger partial charge on any atom is -0.489 e. The molecule has 0 saturated carbocycles. The molecular formula is C17H20ClN3O. The van der Waals surface area contributed by atoms with Crippen molar-refractivity contribution in [1.82, 2.24) is 0 Å². The molecule has 0 radical (unpaired) electrons. The zero-order valence-electron chi connectivity index (χ0n) is 12.7. The van der Waals surface area contributed by atoms with Crippen LogP contribution in [0.15, 0.2) is 53.5 Å². The summed E-state index contributed by atoms with van der Waals surface area (Å²) in [5.74, 6) is 1.09. The molecule has 0 bridgehead atoms. The summed E-state index contributed by atoms with van der Waals surface area (Å²) in [5.41, 5.74) is 7.97. The molecule has 116 valence electrons. The Labute approximate surface area is 136 Å². The number of aliphatic imine (C=N–C) groups is 1. The van der Waals surface area contributed by atoms with Crippen molar-refractivity contribution in [2.24, 2.45) is 10.7 Å². The quantitative estimate of drug-likeness (QED) is 0.650. The lowest BCUT2D eigenvalue weighted by Gasteiger charge is -2.13. The van der Waals surface area contributed by atoms with Crippen LogP contribution in [0.5, 0.6) is 5.75 Å². The highest BCUT2D eigenvalue weighted by molar-refractivity contribution is 6.30. The fourth-order valence-corrected chi connectivity index (χ4v) is 2.13. The summed E-state index contributed by atoms with van der Waals surface area (Å²) in [6, 6.07) is 15.2. The maximum atomic E-state index is 5.92. The largest absolute Gasteiger partial charge is 0.489 e. The third-order valence-corrected chi connectivity index (χ3v) is 3.18. The number of rotatable bonds is 5. The second kappa shape index (κ2) is 7.71. The number of nitrogens with one attached hydrogen (secondary N) is 1. The molecule has 0 aliphatic carbocycles. The third-order valence-electron chi connectivity index (χ3n) is 2.94. The van der Waals surface area contributed by atoms with Gasteiger partial charge in [0.25, 0.3) is 0 Å². The second-order valence-corrected chi connectivity index (χ2v) is 5.54. The smallest absolute Gasteiger partial charge is 0.193 e. The molecule has 0 aliphatic heterocycles. The monoisotopic (exact) mass is 317 g/mol. The first-order chi connectivity index (χ1) is 10.5. The van der Waals surface area contributed by atoms with Crippen molar-refractivity contribution in [2.45, 2.75) is 20.0 Å². The highest BCUT2D eigenvalue weighted by Crippen LogP contribution is 2.18. The molecule has 0 amide bonds. The van der Waals surface area contributed by atoms with Gasteiger partial charge in [-0.2, -0.15) is 0 Å². The van der Waals surface area contributed by atoms with Gasteiger partial charge < -0.3 is 15.8 Å². The third kappa shape index (κ3) is 5.30. The summed E-state index contributed by atoms with van der Waals surface area (Å²) in [5, 5.41) is 3.71. The van der Waals surface area contributed by atoms with Crippen LogP contribution in [0.3, 0.4) is 0 Å². The molecule has 0 fully saturated rings. The number of benzene rings is 2. The van der Waals surface area contributed by atoms with Crippen molar-refractivity contribution in [1.29, 1.82) is 0 Å². The van der Waals surface area contributed by atoms with Crippen molar-refractivity contribution in [3.63, 3.8) is 0 Å². The van der Waals surface area contributed by atoms with Gasteiger partial charge in [-0.15, -0.1) is 0 Å².